The highest BCUT2D eigenvalue weighted by molar-refractivity contribution is 5.74. The van der Waals surface area contributed by atoms with Crippen LogP contribution < -0.4 is 5.32 Å². The first-order valence-corrected chi connectivity index (χ1v) is 20.1. The molecule has 2 amide bonds. The van der Waals surface area contributed by atoms with Crippen LogP contribution in [0.2, 0.25) is 0 Å². The molecule has 8 heteroatoms. The summed E-state index contributed by atoms with van der Waals surface area (Å²) in [6.45, 7) is 11.4. The minimum atomic E-state index is -0.323. The van der Waals surface area contributed by atoms with E-state index in [1.54, 1.807) is 0 Å². The summed E-state index contributed by atoms with van der Waals surface area (Å²) >= 11 is 0. The highest BCUT2D eigenvalue weighted by Gasteiger charge is 2.33. The van der Waals surface area contributed by atoms with E-state index < -0.39 is 0 Å². The molecule has 0 aromatic heterocycles. The van der Waals surface area contributed by atoms with Crippen molar-refractivity contribution in [2.24, 2.45) is 11.8 Å². The fraction of sp³-hybridized carbons (Fsp3) is 0.805. The van der Waals surface area contributed by atoms with Crippen molar-refractivity contribution in [2.45, 2.75) is 166 Å². The normalized spacial score (nSPS) is 34.8. The van der Waals surface area contributed by atoms with Gasteiger partial charge in [0.25, 0.3) is 0 Å². The summed E-state index contributed by atoms with van der Waals surface area (Å²) in [5.74, 6) is 0.262. The molecule has 0 aromatic carbocycles. The lowest BCUT2D eigenvalue weighted by Crippen LogP contribution is -2.49. The number of nitrogens with one attached hydrogen (secondary N) is 1. The van der Waals surface area contributed by atoms with Gasteiger partial charge in [-0.3, -0.25) is 4.79 Å². The third-order valence-corrected chi connectivity index (χ3v) is 11.6. The zero-order valence-corrected chi connectivity index (χ0v) is 31.0. The third-order valence-electron chi connectivity index (χ3n) is 11.6. The Hall–Kier alpha value is -2.16. The topological polar surface area (TPSA) is 80.3 Å². The smallest absolute Gasteiger partial charge is 0.317 e. The maximum atomic E-state index is 13.3. The number of unbranched alkanes of at least 4 members (excludes halogenated alkanes) is 2. The number of rotatable bonds is 7. The first kappa shape index (κ1) is 38.1. The first-order valence-electron chi connectivity index (χ1n) is 20.1. The summed E-state index contributed by atoms with van der Waals surface area (Å²) < 4.78 is 19.2. The Balaban J connectivity index is 1.08. The molecule has 49 heavy (non-hydrogen) atoms. The van der Waals surface area contributed by atoms with E-state index in [4.69, 9.17) is 14.2 Å². The Morgan fingerprint density at radius 3 is 2.31 bits per heavy atom. The number of cyclic esters (lactones) is 1. The molecule has 7 unspecified atom stereocenters. The van der Waals surface area contributed by atoms with E-state index in [0.717, 1.165) is 83.7 Å². The summed E-state index contributed by atoms with van der Waals surface area (Å²) in [4.78, 5) is 30.8. The zero-order valence-electron chi connectivity index (χ0n) is 31.0. The Labute approximate surface area is 297 Å². The number of piperidine rings is 1. The van der Waals surface area contributed by atoms with Gasteiger partial charge in [-0.05, 0) is 115 Å². The molecule has 0 spiro atoms. The van der Waals surface area contributed by atoms with E-state index in [1.807, 2.05) is 4.90 Å². The molecule has 0 aliphatic carbocycles. The maximum Gasteiger partial charge on any atom is 0.317 e. The number of esters is 1. The summed E-state index contributed by atoms with van der Waals surface area (Å²) in [5.41, 5.74) is 1.37. The average molecular weight is 682 g/mol. The van der Waals surface area contributed by atoms with Gasteiger partial charge in [0.05, 0.1) is 30.8 Å². The van der Waals surface area contributed by atoms with Crippen LogP contribution in [0.15, 0.2) is 36.0 Å². The SMILES string of the molecule is C/C=C1\CC2CC(=O)OC(/C=C/CCCCNC(=O)N3CCC(N4CCCCCC4)CC3)C(C)/C=C/C(C)CC3CCCC(CC(C1)O2)O3. The fourth-order valence-electron chi connectivity index (χ4n) is 8.65. The van der Waals surface area contributed by atoms with E-state index in [-0.39, 0.29) is 48.8 Å². The van der Waals surface area contributed by atoms with Crippen molar-refractivity contribution < 1.29 is 23.8 Å². The van der Waals surface area contributed by atoms with E-state index in [0.29, 0.717) is 24.6 Å². The molecule has 0 aromatic rings. The highest BCUT2D eigenvalue weighted by Crippen LogP contribution is 2.33. The van der Waals surface area contributed by atoms with E-state index in [2.05, 4.69) is 61.4 Å². The molecule has 4 fully saturated rings. The molecule has 5 rings (SSSR count). The number of allylic oxidation sites excluding steroid dienone is 3. The number of carbonyl (C=O) groups is 2. The highest BCUT2D eigenvalue weighted by atomic mass is 16.5. The lowest BCUT2D eigenvalue weighted by Gasteiger charge is -2.38. The summed E-state index contributed by atoms with van der Waals surface area (Å²) in [6.07, 6.45) is 28.7. The average Bonchev–Trinajstić information content (AvgIpc) is 3.39. The van der Waals surface area contributed by atoms with Crippen LogP contribution in [0.3, 0.4) is 0 Å². The van der Waals surface area contributed by atoms with Crippen molar-refractivity contribution in [2.75, 3.05) is 32.7 Å². The molecular formula is C41H67N3O5. The predicted octanol–water partition coefficient (Wildman–Crippen LogP) is 8.12. The molecule has 4 bridgehead atoms. The van der Waals surface area contributed by atoms with Gasteiger partial charge in [0.15, 0.2) is 0 Å². The second-order valence-corrected chi connectivity index (χ2v) is 15.7. The van der Waals surface area contributed by atoms with Crippen LogP contribution in [0.1, 0.15) is 130 Å². The van der Waals surface area contributed by atoms with Crippen LogP contribution in [0.5, 0.6) is 0 Å². The van der Waals surface area contributed by atoms with Gasteiger partial charge in [-0.2, -0.15) is 0 Å². The number of amides is 2. The molecule has 5 aliphatic heterocycles. The quantitative estimate of drug-likeness (QED) is 0.166. The van der Waals surface area contributed by atoms with Gasteiger partial charge in [0.2, 0.25) is 0 Å². The molecule has 276 valence electrons. The van der Waals surface area contributed by atoms with Crippen LogP contribution >= 0.6 is 0 Å². The van der Waals surface area contributed by atoms with Crippen molar-refractivity contribution in [3.63, 3.8) is 0 Å². The third kappa shape index (κ3) is 12.5. The summed E-state index contributed by atoms with van der Waals surface area (Å²) in [5, 5.41) is 3.16. The Morgan fingerprint density at radius 1 is 0.837 bits per heavy atom. The van der Waals surface area contributed by atoms with Crippen LogP contribution in [0, 0.1) is 11.8 Å². The van der Waals surface area contributed by atoms with Crippen LogP contribution in [0.25, 0.3) is 0 Å². The van der Waals surface area contributed by atoms with Crippen molar-refractivity contribution in [3.05, 3.63) is 36.0 Å². The van der Waals surface area contributed by atoms with Gasteiger partial charge in [-0.1, -0.05) is 56.6 Å². The standard InChI is InChI=1S/C41H67N3O5/c1-4-33-27-37-29-36-15-13-14-35(47-36)26-31(2)17-18-32(3)39(49-40(45)30-38(28-33)48-37)16-9-5-6-10-21-42-41(46)44-24-19-34(20-25-44)43-22-11-7-8-12-23-43/h4,9,16-18,31-32,34-39H,5-8,10-15,19-30H2,1-3H3,(H,42,46)/b16-9+,18-17+,33-4-. The second kappa shape index (κ2) is 20.0. The molecule has 7 atom stereocenters. The molecule has 0 saturated carbocycles. The molecule has 5 heterocycles. The van der Waals surface area contributed by atoms with Gasteiger partial charge >= 0.3 is 12.0 Å². The molecular weight excluding hydrogens is 614 g/mol. The monoisotopic (exact) mass is 682 g/mol. The van der Waals surface area contributed by atoms with E-state index in [9.17, 15) is 9.59 Å². The zero-order chi connectivity index (χ0) is 34.4. The Morgan fingerprint density at radius 2 is 1.55 bits per heavy atom. The summed E-state index contributed by atoms with van der Waals surface area (Å²) in [6, 6.07) is 0.731. The van der Waals surface area contributed by atoms with Crippen LogP contribution in [0.4, 0.5) is 4.79 Å². The van der Waals surface area contributed by atoms with E-state index >= 15 is 0 Å². The van der Waals surface area contributed by atoms with Gasteiger partial charge < -0.3 is 29.3 Å². The van der Waals surface area contributed by atoms with Gasteiger partial charge in [0, 0.05) is 38.0 Å². The van der Waals surface area contributed by atoms with Crippen molar-refractivity contribution >= 4 is 12.0 Å². The van der Waals surface area contributed by atoms with Crippen molar-refractivity contribution in [1.82, 2.24) is 15.1 Å². The van der Waals surface area contributed by atoms with Crippen LogP contribution in [-0.4, -0.2) is 91.1 Å². The molecule has 4 saturated heterocycles. The number of fused-ring (bicyclic) bond motifs is 4. The number of ether oxygens (including phenoxy) is 3. The van der Waals surface area contributed by atoms with Crippen LogP contribution in [-0.2, 0) is 19.0 Å². The summed E-state index contributed by atoms with van der Waals surface area (Å²) in [7, 11) is 0. The molecule has 1 N–H and O–H groups in total. The number of hydrogen-bond donors (Lipinski definition) is 1. The molecule has 8 nitrogen and oxygen atoms in total. The number of likely N-dealkylation sites (tertiary alicyclic amines) is 2. The Kier molecular flexibility index (Phi) is 15.6. The second-order valence-electron chi connectivity index (χ2n) is 15.7. The first-order chi connectivity index (χ1) is 23.9. The predicted molar refractivity (Wildman–Crippen MR) is 196 cm³/mol. The fourth-order valence-corrected chi connectivity index (χ4v) is 8.65. The van der Waals surface area contributed by atoms with Gasteiger partial charge in [-0.15, -0.1) is 0 Å². The lowest BCUT2D eigenvalue weighted by molar-refractivity contribution is -0.154. The van der Waals surface area contributed by atoms with Gasteiger partial charge in [-0.25, -0.2) is 4.79 Å². The number of nitrogens with zero attached hydrogens (tertiary/aromatic N) is 2. The Bertz CT molecular complexity index is 1110. The molecule has 5 aliphatic rings. The van der Waals surface area contributed by atoms with Crippen molar-refractivity contribution in [3.8, 4) is 0 Å². The minimum Gasteiger partial charge on any atom is -0.457 e. The number of carbonyl (C=O) groups excluding carboxylic acids is 2. The van der Waals surface area contributed by atoms with Gasteiger partial charge in [0.1, 0.15) is 6.10 Å². The largest absolute Gasteiger partial charge is 0.457 e. The van der Waals surface area contributed by atoms with Crippen molar-refractivity contribution in [1.29, 1.82) is 0 Å². The maximum absolute atomic E-state index is 13.3. The minimum absolute atomic E-state index is 0.0597. The van der Waals surface area contributed by atoms with E-state index in [1.165, 1.54) is 50.8 Å². The molecule has 0 radical (unpaired) electrons. The number of hydrogen-bond acceptors (Lipinski definition) is 6. The number of urea groups is 1. The lowest BCUT2D eigenvalue weighted by atomic mass is 9.90.